The molecule has 2 N–H and O–H groups in total. The molecule has 0 saturated carbocycles. The van der Waals surface area contributed by atoms with Gasteiger partial charge in [-0.15, -0.1) is 0 Å². The van der Waals surface area contributed by atoms with Gasteiger partial charge < -0.3 is 20.1 Å². The van der Waals surface area contributed by atoms with Crippen LogP contribution < -0.4 is 5.32 Å². The maximum absolute atomic E-state index is 14.0. The van der Waals surface area contributed by atoms with Crippen molar-refractivity contribution in [3.05, 3.63) is 101 Å². The number of fused-ring (bicyclic) bond motifs is 1. The number of urea groups is 1. The number of amides is 3. The number of hydrogen-bond donors (Lipinski definition) is 2. The molecule has 3 aromatic carbocycles. The summed E-state index contributed by atoms with van der Waals surface area (Å²) in [5, 5.41) is 4.40. The molecule has 6 nitrogen and oxygen atoms in total. The van der Waals surface area contributed by atoms with Crippen LogP contribution in [0.4, 0.5) is 10.5 Å². The minimum Gasteiger partial charge on any atom is -0.361 e. The van der Waals surface area contributed by atoms with E-state index < -0.39 is 0 Å². The lowest BCUT2D eigenvalue weighted by molar-refractivity contribution is -0.132. The number of rotatable bonds is 12. The zero-order valence-corrected chi connectivity index (χ0v) is 26.0. The number of carbonyl (C=O) groups is 2. The van der Waals surface area contributed by atoms with Crippen LogP contribution in [-0.4, -0.2) is 46.4 Å². The molecule has 0 radical (unpaired) electrons. The zero-order valence-electron chi connectivity index (χ0n) is 26.0. The van der Waals surface area contributed by atoms with Gasteiger partial charge in [-0.05, 0) is 52.5 Å². The third kappa shape index (κ3) is 7.81. The predicted molar refractivity (Wildman–Crippen MR) is 174 cm³/mol. The van der Waals surface area contributed by atoms with Gasteiger partial charge in [-0.2, -0.15) is 0 Å². The summed E-state index contributed by atoms with van der Waals surface area (Å²) in [5.41, 5.74) is 6.42. The lowest BCUT2D eigenvalue weighted by atomic mass is 9.93. The molecule has 1 aromatic heterocycles. The molecule has 0 saturated heterocycles. The molecular weight excluding hydrogens is 520 g/mol. The van der Waals surface area contributed by atoms with Crippen molar-refractivity contribution in [3.63, 3.8) is 0 Å². The minimum absolute atomic E-state index is 0.0194. The number of nitrogens with zero attached hydrogens (tertiary/aromatic N) is 2. The molecule has 0 aliphatic rings. The van der Waals surface area contributed by atoms with Crippen molar-refractivity contribution < 1.29 is 9.59 Å². The van der Waals surface area contributed by atoms with Gasteiger partial charge in [-0.3, -0.25) is 4.79 Å². The fourth-order valence-corrected chi connectivity index (χ4v) is 5.49. The Hall–Kier alpha value is -4.06. The Labute approximate surface area is 251 Å². The number of para-hydroxylation sites is 2. The second-order valence-electron chi connectivity index (χ2n) is 12.2. The normalized spacial score (nSPS) is 11.5. The third-order valence-electron chi connectivity index (χ3n) is 7.70. The van der Waals surface area contributed by atoms with Crippen molar-refractivity contribution in [3.8, 4) is 0 Å². The summed E-state index contributed by atoms with van der Waals surface area (Å²) in [4.78, 5) is 34.7. The van der Waals surface area contributed by atoms with Crippen molar-refractivity contribution in [1.29, 1.82) is 0 Å². The molecule has 4 aromatic rings. The van der Waals surface area contributed by atoms with Gasteiger partial charge in [0.25, 0.3) is 0 Å². The average Bonchev–Trinajstić information content (AvgIpc) is 3.38. The van der Waals surface area contributed by atoms with E-state index in [9.17, 15) is 9.59 Å². The Balaban J connectivity index is 1.57. The molecule has 3 amide bonds. The van der Waals surface area contributed by atoms with Gasteiger partial charge in [0.1, 0.15) is 6.54 Å². The first-order chi connectivity index (χ1) is 20.1. The lowest BCUT2D eigenvalue weighted by Gasteiger charge is -2.30. The van der Waals surface area contributed by atoms with E-state index >= 15 is 0 Å². The van der Waals surface area contributed by atoms with Crippen LogP contribution in [0.2, 0.25) is 0 Å². The van der Waals surface area contributed by atoms with Crippen LogP contribution in [0, 0.1) is 5.92 Å². The van der Waals surface area contributed by atoms with Crippen LogP contribution in [0.3, 0.4) is 0 Å². The van der Waals surface area contributed by atoms with Gasteiger partial charge in [0.2, 0.25) is 5.91 Å². The first kappa shape index (κ1) is 30.9. The standard InChI is InChI=1S/C36H46N4O2/c1-25(2)22-40(36(42)38-35-30(26(3)4)16-12-17-31(35)27(5)6)24-34(41)39(23-28-13-8-7-9-14-28)20-19-29-21-37-33-18-11-10-15-32(29)33/h7-18,21,25-27,37H,19-20,22-24H2,1-6H3,(H,38,42). The second kappa shape index (κ2) is 14.2. The summed E-state index contributed by atoms with van der Waals surface area (Å²) in [5.74, 6) is 0.660. The predicted octanol–water partition coefficient (Wildman–Crippen LogP) is 8.18. The van der Waals surface area contributed by atoms with Crippen LogP contribution in [0.5, 0.6) is 0 Å². The van der Waals surface area contributed by atoms with E-state index in [1.165, 1.54) is 10.9 Å². The summed E-state index contributed by atoms with van der Waals surface area (Å²) in [6.45, 7) is 14.3. The number of aromatic nitrogens is 1. The summed E-state index contributed by atoms with van der Waals surface area (Å²) in [6.07, 6.45) is 2.76. The Kier molecular flexibility index (Phi) is 10.5. The van der Waals surface area contributed by atoms with Crippen molar-refractivity contribution in [2.75, 3.05) is 25.0 Å². The summed E-state index contributed by atoms with van der Waals surface area (Å²) in [6, 6.07) is 24.3. The number of aromatic amines is 1. The quantitative estimate of drug-likeness (QED) is 0.182. The van der Waals surface area contributed by atoms with Crippen LogP contribution in [-0.2, 0) is 17.8 Å². The highest BCUT2D eigenvalue weighted by molar-refractivity contribution is 5.94. The van der Waals surface area contributed by atoms with Gasteiger partial charge in [-0.1, -0.05) is 108 Å². The average molecular weight is 567 g/mol. The van der Waals surface area contributed by atoms with Gasteiger partial charge in [0.15, 0.2) is 0 Å². The van der Waals surface area contributed by atoms with Crippen LogP contribution in [0.25, 0.3) is 10.9 Å². The second-order valence-corrected chi connectivity index (χ2v) is 12.2. The summed E-state index contributed by atoms with van der Waals surface area (Å²) in [7, 11) is 0. The zero-order chi connectivity index (χ0) is 30.2. The minimum atomic E-state index is -0.233. The number of carbonyl (C=O) groups excluding carboxylic acids is 2. The lowest BCUT2D eigenvalue weighted by Crippen LogP contribution is -2.46. The van der Waals surface area contributed by atoms with Crippen molar-refractivity contribution in [2.24, 2.45) is 5.92 Å². The topological polar surface area (TPSA) is 68.4 Å². The molecule has 0 bridgehead atoms. The molecule has 6 heteroatoms. The number of H-pyrrole nitrogens is 1. The van der Waals surface area contributed by atoms with Gasteiger partial charge in [-0.25, -0.2) is 4.79 Å². The molecule has 0 fully saturated rings. The molecule has 4 rings (SSSR count). The van der Waals surface area contributed by atoms with Crippen molar-refractivity contribution >= 4 is 28.5 Å². The van der Waals surface area contributed by atoms with E-state index in [0.717, 1.165) is 34.3 Å². The van der Waals surface area contributed by atoms with Crippen LogP contribution in [0.1, 0.15) is 75.6 Å². The van der Waals surface area contributed by atoms with E-state index in [1.807, 2.05) is 53.6 Å². The van der Waals surface area contributed by atoms with E-state index in [1.54, 1.807) is 4.90 Å². The van der Waals surface area contributed by atoms with E-state index in [2.05, 4.69) is 82.2 Å². The number of nitrogens with one attached hydrogen (secondary N) is 2. The molecule has 222 valence electrons. The molecule has 0 aliphatic heterocycles. The van der Waals surface area contributed by atoms with Crippen molar-refractivity contribution in [2.45, 2.75) is 66.3 Å². The van der Waals surface area contributed by atoms with Gasteiger partial charge >= 0.3 is 6.03 Å². The Bertz CT molecular complexity index is 1450. The van der Waals surface area contributed by atoms with E-state index in [0.29, 0.717) is 19.6 Å². The number of anilines is 1. The number of benzene rings is 3. The highest BCUT2D eigenvalue weighted by atomic mass is 16.2. The van der Waals surface area contributed by atoms with E-state index in [-0.39, 0.29) is 36.2 Å². The third-order valence-corrected chi connectivity index (χ3v) is 7.70. The first-order valence-electron chi connectivity index (χ1n) is 15.2. The van der Waals surface area contributed by atoms with Crippen LogP contribution >= 0.6 is 0 Å². The highest BCUT2D eigenvalue weighted by Crippen LogP contribution is 2.32. The first-order valence-corrected chi connectivity index (χ1v) is 15.2. The highest BCUT2D eigenvalue weighted by Gasteiger charge is 2.25. The summed E-state index contributed by atoms with van der Waals surface area (Å²) >= 11 is 0. The Morgan fingerprint density at radius 1 is 0.786 bits per heavy atom. The maximum atomic E-state index is 14.0. The van der Waals surface area contributed by atoms with Gasteiger partial charge in [0.05, 0.1) is 0 Å². The van der Waals surface area contributed by atoms with Crippen LogP contribution in [0.15, 0.2) is 79.0 Å². The number of hydrogen-bond acceptors (Lipinski definition) is 2. The largest absolute Gasteiger partial charge is 0.361 e. The monoisotopic (exact) mass is 566 g/mol. The van der Waals surface area contributed by atoms with E-state index in [4.69, 9.17) is 0 Å². The molecule has 1 heterocycles. The van der Waals surface area contributed by atoms with Crippen molar-refractivity contribution in [1.82, 2.24) is 14.8 Å². The molecule has 0 atom stereocenters. The molecule has 0 unspecified atom stereocenters. The van der Waals surface area contributed by atoms with Gasteiger partial charge in [0, 0.05) is 42.4 Å². The molecule has 0 aliphatic carbocycles. The molecule has 42 heavy (non-hydrogen) atoms. The molecular formula is C36H46N4O2. The summed E-state index contributed by atoms with van der Waals surface area (Å²) < 4.78 is 0. The maximum Gasteiger partial charge on any atom is 0.322 e. The smallest absolute Gasteiger partial charge is 0.322 e. The fourth-order valence-electron chi connectivity index (χ4n) is 5.49. The Morgan fingerprint density at radius 2 is 1.43 bits per heavy atom. The SMILES string of the molecule is CC(C)CN(CC(=O)N(CCc1c[nH]c2ccccc12)Cc1ccccc1)C(=O)Nc1c(C(C)C)cccc1C(C)C. The fraction of sp³-hybridized carbons (Fsp3) is 0.389. The Morgan fingerprint density at radius 3 is 2.07 bits per heavy atom. The molecule has 0 spiro atoms.